The summed E-state index contributed by atoms with van der Waals surface area (Å²) in [6.45, 7) is 2.14. The van der Waals surface area contributed by atoms with Crippen molar-refractivity contribution in [1.29, 1.82) is 0 Å². The Balaban J connectivity index is 2.31. The molecule has 0 bridgehead atoms. The van der Waals surface area contributed by atoms with Gasteiger partial charge in [-0.05, 0) is 18.4 Å². The third kappa shape index (κ3) is 2.49. The molecule has 2 rings (SSSR count). The molecule has 0 saturated carbocycles. The van der Waals surface area contributed by atoms with Gasteiger partial charge in [-0.3, -0.25) is 0 Å². The highest BCUT2D eigenvalue weighted by molar-refractivity contribution is 5.37. The van der Waals surface area contributed by atoms with Gasteiger partial charge in [-0.25, -0.2) is 4.79 Å². The molecule has 2 unspecified atom stereocenters. The third-order valence-electron chi connectivity index (χ3n) is 3.65. The fourth-order valence-corrected chi connectivity index (χ4v) is 2.53. The molecule has 0 amide bonds. The van der Waals surface area contributed by atoms with Crippen molar-refractivity contribution in [2.75, 3.05) is 0 Å². The molecule has 0 aliphatic heterocycles. The number of aliphatic imine (C=N–C) groups is 1. The minimum absolute atomic E-state index is 0.104. The standard InChI is InChI=1S/C16H17NO/c1-2-16(12-14-8-4-3-5-9-14)11-7-6-10-15(16)17-13-18/h3-11,15H,2,12H2,1H3. The first-order chi connectivity index (χ1) is 8.80. The van der Waals surface area contributed by atoms with Crippen LogP contribution in [0.15, 0.2) is 59.6 Å². The smallest absolute Gasteiger partial charge is 0.211 e. The Hall–Kier alpha value is -1.92. The quantitative estimate of drug-likeness (QED) is 0.584. The van der Waals surface area contributed by atoms with Gasteiger partial charge in [0.05, 0.1) is 6.04 Å². The van der Waals surface area contributed by atoms with Crippen molar-refractivity contribution in [2.45, 2.75) is 25.8 Å². The van der Waals surface area contributed by atoms with Gasteiger partial charge in [0.2, 0.25) is 6.08 Å². The first-order valence-corrected chi connectivity index (χ1v) is 6.28. The fraction of sp³-hybridized carbons (Fsp3) is 0.312. The molecule has 2 nitrogen and oxygen atoms in total. The Bertz CT molecular complexity index is 497. The van der Waals surface area contributed by atoms with E-state index in [4.69, 9.17) is 0 Å². The van der Waals surface area contributed by atoms with E-state index in [1.54, 1.807) is 6.08 Å². The van der Waals surface area contributed by atoms with E-state index in [2.05, 4.69) is 30.1 Å². The van der Waals surface area contributed by atoms with Gasteiger partial charge in [0.25, 0.3) is 0 Å². The maximum atomic E-state index is 10.6. The number of hydrogen-bond donors (Lipinski definition) is 0. The van der Waals surface area contributed by atoms with Crippen LogP contribution in [-0.4, -0.2) is 12.1 Å². The monoisotopic (exact) mass is 239 g/mol. The number of isocyanates is 1. The predicted molar refractivity (Wildman–Crippen MR) is 73.1 cm³/mol. The molecule has 1 aromatic carbocycles. The summed E-state index contributed by atoms with van der Waals surface area (Å²) in [6, 6.07) is 10.2. The highest BCUT2D eigenvalue weighted by Crippen LogP contribution is 2.37. The zero-order valence-corrected chi connectivity index (χ0v) is 10.5. The van der Waals surface area contributed by atoms with Gasteiger partial charge in [-0.15, -0.1) is 0 Å². The van der Waals surface area contributed by atoms with Crippen LogP contribution in [0.25, 0.3) is 0 Å². The second-order valence-corrected chi connectivity index (χ2v) is 4.66. The van der Waals surface area contributed by atoms with Gasteiger partial charge in [0.15, 0.2) is 0 Å². The van der Waals surface area contributed by atoms with E-state index in [9.17, 15) is 4.79 Å². The van der Waals surface area contributed by atoms with Crippen LogP contribution in [0.2, 0.25) is 0 Å². The van der Waals surface area contributed by atoms with Crippen LogP contribution in [0.3, 0.4) is 0 Å². The summed E-state index contributed by atoms with van der Waals surface area (Å²) >= 11 is 0. The van der Waals surface area contributed by atoms with Gasteiger partial charge >= 0.3 is 0 Å². The number of benzene rings is 1. The van der Waals surface area contributed by atoms with Gasteiger partial charge in [-0.2, -0.15) is 4.99 Å². The molecule has 18 heavy (non-hydrogen) atoms. The van der Waals surface area contributed by atoms with E-state index in [-0.39, 0.29) is 11.5 Å². The van der Waals surface area contributed by atoms with Gasteiger partial charge in [0, 0.05) is 5.41 Å². The highest BCUT2D eigenvalue weighted by atomic mass is 16.1. The molecule has 0 heterocycles. The topological polar surface area (TPSA) is 29.4 Å². The first-order valence-electron chi connectivity index (χ1n) is 6.28. The lowest BCUT2D eigenvalue weighted by Crippen LogP contribution is -2.33. The molecule has 2 atom stereocenters. The minimum Gasteiger partial charge on any atom is -0.211 e. The SMILES string of the molecule is CCC1(Cc2ccccc2)C=CC=CC1N=C=O. The Labute approximate surface area is 108 Å². The summed E-state index contributed by atoms with van der Waals surface area (Å²) < 4.78 is 0. The van der Waals surface area contributed by atoms with Gasteiger partial charge in [-0.1, -0.05) is 61.6 Å². The second-order valence-electron chi connectivity index (χ2n) is 4.66. The highest BCUT2D eigenvalue weighted by Gasteiger charge is 2.34. The summed E-state index contributed by atoms with van der Waals surface area (Å²) in [5.41, 5.74) is 1.17. The van der Waals surface area contributed by atoms with Gasteiger partial charge < -0.3 is 0 Å². The summed E-state index contributed by atoms with van der Waals surface area (Å²) in [5.74, 6) is 0. The molecule has 0 radical (unpaired) electrons. The zero-order valence-electron chi connectivity index (χ0n) is 10.5. The molecule has 0 aromatic heterocycles. The van der Waals surface area contributed by atoms with Crippen molar-refractivity contribution in [3.63, 3.8) is 0 Å². The molecule has 1 aliphatic carbocycles. The number of allylic oxidation sites excluding steroid dienone is 2. The summed E-state index contributed by atoms with van der Waals surface area (Å²) in [4.78, 5) is 14.5. The van der Waals surface area contributed by atoms with Crippen molar-refractivity contribution >= 4 is 6.08 Å². The van der Waals surface area contributed by atoms with E-state index in [1.165, 1.54) is 5.56 Å². The van der Waals surface area contributed by atoms with Crippen molar-refractivity contribution in [2.24, 2.45) is 10.4 Å². The molecule has 2 heteroatoms. The first kappa shape index (κ1) is 12.5. The Morgan fingerprint density at radius 1 is 1.28 bits per heavy atom. The molecule has 0 spiro atoms. The van der Waals surface area contributed by atoms with E-state index in [0.29, 0.717) is 0 Å². The number of rotatable bonds is 4. The van der Waals surface area contributed by atoms with E-state index < -0.39 is 0 Å². The molecule has 0 N–H and O–H groups in total. The Morgan fingerprint density at radius 2 is 2.06 bits per heavy atom. The Kier molecular flexibility index (Phi) is 3.91. The minimum atomic E-state index is -0.106. The molecule has 0 fully saturated rings. The number of nitrogens with zero attached hydrogens (tertiary/aromatic N) is 1. The van der Waals surface area contributed by atoms with E-state index in [1.807, 2.05) is 36.4 Å². The second kappa shape index (κ2) is 5.61. The van der Waals surface area contributed by atoms with Crippen LogP contribution >= 0.6 is 0 Å². The Morgan fingerprint density at radius 3 is 2.72 bits per heavy atom. The fourth-order valence-electron chi connectivity index (χ4n) is 2.53. The van der Waals surface area contributed by atoms with Crippen LogP contribution in [0.4, 0.5) is 0 Å². The van der Waals surface area contributed by atoms with Crippen molar-refractivity contribution in [3.8, 4) is 0 Å². The maximum Gasteiger partial charge on any atom is 0.235 e. The van der Waals surface area contributed by atoms with E-state index >= 15 is 0 Å². The normalized spacial score (nSPS) is 25.7. The molecular weight excluding hydrogens is 222 g/mol. The van der Waals surface area contributed by atoms with Crippen molar-refractivity contribution in [1.82, 2.24) is 0 Å². The average molecular weight is 239 g/mol. The van der Waals surface area contributed by atoms with E-state index in [0.717, 1.165) is 12.8 Å². The lowest BCUT2D eigenvalue weighted by atomic mass is 9.71. The molecule has 0 saturated heterocycles. The molecule has 92 valence electrons. The summed E-state index contributed by atoms with van der Waals surface area (Å²) in [7, 11) is 0. The number of carbonyl (C=O) groups excluding carboxylic acids is 1. The lowest BCUT2D eigenvalue weighted by molar-refractivity contribution is 0.322. The van der Waals surface area contributed by atoms with Crippen LogP contribution in [-0.2, 0) is 11.2 Å². The molecular formula is C16H17NO. The average Bonchev–Trinajstić information content (AvgIpc) is 2.42. The van der Waals surface area contributed by atoms with Crippen LogP contribution < -0.4 is 0 Å². The van der Waals surface area contributed by atoms with Crippen LogP contribution in [0.5, 0.6) is 0 Å². The third-order valence-corrected chi connectivity index (χ3v) is 3.65. The van der Waals surface area contributed by atoms with Crippen molar-refractivity contribution in [3.05, 3.63) is 60.2 Å². The summed E-state index contributed by atoms with van der Waals surface area (Å²) in [6.07, 6.45) is 11.7. The maximum absolute atomic E-state index is 10.6. The number of hydrogen-bond acceptors (Lipinski definition) is 2. The predicted octanol–water partition coefficient (Wildman–Crippen LogP) is 3.46. The van der Waals surface area contributed by atoms with Crippen molar-refractivity contribution < 1.29 is 4.79 Å². The van der Waals surface area contributed by atoms with Gasteiger partial charge in [0.1, 0.15) is 0 Å². The van der Waals surface area contributed by atoms with Crippen LogP contribution in [0.1, 0.15) is 18.9 Å². The largest absolute Gasteiger partial charge is 0.235 e. The van der Waals surface area contributed by atoms with Crippen LogP contribution in [0, 0.1) is 5.41 Å². The zero-order chi connectivity index (χ0) is 12.8. The summed E-state index contributed by atoms with van der Waals surface area (Å²) in [5, 5.41) is 0. The molecule has 1 aliphatic rings. The lowest BCUT2D eigenvalue weighted by Gasteiger charge is -2.35. The molecule has 1 aromatic rings.